The highest BCUT2D eigenvalue weighted by molar-refractivity contribution is 7.90. The fraction of sp³-hybridized carbons (Fsp3) is 0.273. The Morgan fingerprint density at radius 1 is 1.47 bits per heavy atom. The molecule has 0 aromatic heterocycles. The number of sulfonamides is 1. The highest BCUT2D eigenvalue weighted by atomic mass is 32.2. The van der Waals surface area contributed by atoms with E-state index in [1.165, 1.54) is 18.2 Å². The second kappa shape index (κ2) is 4.54. The molecule has 1 aromatic carbocycles. The van der Waals surface area contributed by atoms with Gasteiger partial charge in [-0.15, -0.1) is 0 Å². The molecule has 102 valence electrons. The zero-order chi connectivity index (χ0) is 14.2. The third kappa shape index (κ3) is 2.39. The summed E-state index contributed by atoms with van der Waals surface area (Å²) in [7, 11) is -3.77. The molecule has 0 spiro atoms. The minimum atomic E-state index is -3.77. The lowest BCUT2D eigenvalue weighted by molar-refractivity contribution is -0.137. The summed E-state index contributed by atoms with van der Waals surface area (Å²) in [6.07, 6.45) is 0.358. The summed E-state index contributed by atoms with van der Waals surface area (Å²) in [5, 5.41) is 11.7. The number of carbonyl (C=O) groups is 2. The number of anilines is 1. The molecule has 1 amide bonds. The van der Waals surface area contributed by atoms with Crippen LogP contribution in [0.5, 0.6) is 0 Å². The van der Waals surface area contributed by atoms with Crippen molar-refractivity contribution in [1.29, 1.82) is 0 Å². The zero-order valence-electron chi connectivity index (χ0n) is 10.0. The summed E-state index contributed by atoms with van der Waals surface area (Å²) in [5.41, 5.74) is 0.408. The van der Waals surface area contributed by atoms with Crippen molar-refractivity contribution in [3.05, 3.63) is 23.8 Å². The molecular weight excluding hydrogens is 272 g/mol. The zero-order valence-corrected chi connectivity index (χ0v) is 10.8. The van der Waals surface area contributed by atoms with E-state index in [0.29, 0.717) is 12.1 Å². The van der Waals surface area contributed by atoms with Crippen molar-refractivity contribution in [2.75, 3.05) is 5.32 Å². The van der Waals surface area contributed by atoms with Crippen LogP contribution in [-0.2, 0) is 14.8 Å². The largest absolute Gasteiger partial charge is 0.480 e. The van der Waals surface area contributed by atoms with E-state index in [1.54, 1.807) is 6.92 Å². The number of nitrogens with one attached hydrogen (secondary N) is 2. The smallest absolute Gasteiger partial charge is 0.326 e. The van der Waals surface area contributed by atoms with Crippen molar-refractivity contribution in [1.82, 2.24) is 4.72 Å². The van der Waals surface area contributed by atoms with Gasteiger partial charge in [-0.05, 0) is 24.6 Å². The Hall–Kier alpha value is -2.09. The second-order valence-electron chi connectivity index (χ2n) is 4.09. The molecule has 0 bridgehead atoms. The van der Waals surface area contributed by atoms with Gasteiger partial charge in [-0.3, -0.25) is 4.79 Å². The molecule has 0 radical (unpaired) electrons. The van der Waals surface area contributed by atoms with E-state index in [-0.39, 0.29) is 10.5 Å². The minimum Gasteiger partial charge on any atom is -0.480 e. The van der Waals surface area contributed by atoms with Gasteiger partial charge in [0.15, 0.2) is 0 Å². The van der Waals surface area contributed by atoms with Gasteiger partial charge >= 0.3 is 5.97 Å². The molecule has 1 heterocycles. The summed E-state index contributed by atoms with van der Waals surface area (Å²) in [6, 6.07) is 3.25. The number of fused-ring (bicyclic) bond motifs is 1. The normalized spacial score (nSPS) is 17.4. The van der Waals surface area contributed by atoms with Crippen molar-refractivity contribution in [3.63, 3.8) is 0 Å². The second-order valence-corrected chi connectivity index (χ2v) is 5.74. The highest BCUT2D eigenvalue weighted by Gasteiger charge is 2.32. The number of amides is 1. The molecule has 1 aromatic rings. The number of carbonyl (C=O) groups excluding carboxylic acids is 1. The molecule has 19 heavy (non-hydrogen) atoms. The van der Waals surface area contributed by atoms with E-state index in [0.717, 1.165) is 0 Å². The Morgan fingerprint density at radius 2 is 2.16 bits per heavy atom. The first-order chi connectivity index (χ1) is 8.85. The van der Waals surface area contributed by atoms with Crippen molar-refractivity contribution in [2.45, 2.75) is 24.3 Å². The lowest BCUT2D eigenvalue weighted by Gasteiger charge is -2.13. The van der Waals surface area contributed by atoms with E-state index in [2.05, 4.69) is 5.32 Å². The van der Waals surface area contributed by atoms with Crippen molar-refractivity contribution in [3.8, 4) is 0 Å². The van der Waals surface area contributed by atoms with Crippen molar-refractivity contribution < 1.29 is 23.1 Å². The SMILES string of the molecule is CCC(Nc1ccc2c(c1)C(=O)NS2(=O)=O)C(=O)O. The Morgan fingerprint density at radius 3 is 2.74 bits per heavy atom. The molecule has 0 fully saturated rings. The standard InChI is InChI=1S/C11H12N2O5S/c1-2-8(11(15)16)12-6-3-4-9-7(5-6)10(14)13-19(9,17)18/h3-5,8,12H,2H2,1H3,(H,13,14)(H,15,16). The Labute approximate surface area is 109 Å². The minimum absolute atomic E-state index is 0.0187. The molecule has 2 rings (SSSR count). The number of hydrogen-bond donors (Lipinski definition) is 3. The van der Waals surface area contributed by atoms with Crippen LogP contribution in [0.4, 0.5) is 5.69 Å². The van der Waals surface area contributed by atoms with E-state index < -0.39 is 27.9 Å². The predicted molar refractivity (Wildman–Crippen MR) is 66.4 cm³/mol. The summed E-state index contributed by atoms with van der Waals surface area (Å²) < 4.78 is 24.9. The molecule has 1 aliphatic rings. The van der Waals surface area contributed by atoms with Gasteiger partial charge < -0.3 is 10.4 Å². The molecule has 7 nitrogen and oxygen atoms in total. The maximum atomic E-state index is 11.5. The van der Waals surface area contributed by atoms with E-state index in [1.807, 2.05) is 4.72 Å². The van der Waals surface area contributed by atoms with Gasteiger partial charge in [-0.2, -0.15) is 0 Å². The number of hydrogen-bond acceptors (Lipinski definition) is 5. The topological polar surface area (TPSA) is 113 Å². The Bertz CT molecular complexity index is 653. The number of aliphatic carboxylic acids is 1. The van der Waals surface area contributed by atoms with Crippen LogP contribution in [0.1, 0.15) is 23.7 Å². The van der Waals surface area contributed by atoms with Crippen LogP contribution in [-0.4, -0.2) is 31.4 Å². The predicted octanol–water partition coefficient (Wildman–Crippen LogP) is 0.394. The van der Waals surface area contributed by atoms with Crippen molar-refractivity contribution >= 4 is 27.6 Å². The fourth-order valence-corrected chi connectivity index (χ4v) is 2.96. The average Bonchev–Trinajstić information content (AvgIpc) is 2.56. The number of carboxylic acid groups (broad SMARTS) is 1. The Balaban J connectivity index is 2.36. The van der Waals surface area contributed by atoms with Gasteiger partial charge in [0.25, 0.3) is 15.9 Å². The van der Waals surface area contributed by atoms with Crippen molar-refractivity contribution in [2.24, 2.45) is 0 Å². The van der Waals surface area contributed by atoms with Gasteiger partial charge in [0, 0.05) is 5.69 Å². The van der Waals surface area contributed by atoms with Gasteiger partial charge in [0.1, 0.15) is 10.9 Å². The van der Waals surface area contributed by atoms with E-state index >= 15 is 0 Å². The van der Waals surface area contributed by atoms with Crippen LogP contribution >= 0.6 is 0 Å². The maximum absolute atomic E-state index is 11.5. The van der Waals surface area contributed by atoms with Crippen LogP contribution in [0.2, 0.25) is 0 Å². The van der Waals surface area contributed by atoms with Gasteiger partial charge in [-0.1, -0.05) is 6.92 Å². The van der Waals surface area contributed by atoms with Crippen LogP contribution in [0, 0.1) is 0 Å². The molecule has 8 heteroatoms. The average molecular weight is 284 g/mol. The summed E-state index contributed by atoms with van der Waals surface area (Å²) >= 11 is 0. The van der Waals surface area contributed by atoms with Crippen LogP contribution in [0.15, 0.2) is 23.1 Å². The van der Waals surface area contributed by atoms with Crippen LogP contribution in [0.3, 0.4) is 0 Å². The lowest BCUT2D eigenvalue weighted by atomic mass is 10.1. The molecule has 0 aliphatic carbocycles. The fourth-order valence-electron chi connectivity index (χ4n) is 1.80. The van der Waals surface area contributed by atoms with E-state index in [4.69, 9.17) is 5.11 Å². The number of carboxylic acids is 1. The molecule has 1 aliphatic heterocycles. The summed E-state index contributed by atoms with van der Waals surface area (Å²) in [5.74, 6) is -1.72. The third-order valence-electron chi connectivity index (χ3n) is 2.79. The van der Waals surface area contributed by atoms with E-state index in [9.17, 15) is 18.0 Å². The first-order valence-electron chi connectivity index (χ1n) is 5.55. The molecular formula is C11H12N2O5S. The number of rotatable bonds is 4. The van der Waals surface area contributed by atoms with Crippen LogP contribution < -0.4 is 10.0 Å². The highest BCUT2D eigenvalue weighted by Crippen LogP contribution is 2.25. The van der Waals surface area contributed by atoms with Gasteiger partial charge in [0.2, 0.25) is 0 Å². The van der Waals surface area contributed by atoms with Crippen LogP contribution in [0.25, 0.3) is 0 Å². The molecule has 0 saturated carbocycles. The monoisotopic (exact) mass is 284 g/mol. The molecule has 0 saturated heterocycles. The van der Waals surface area contributed by atoms with Gasteiger partial charge in [0.05, 0.1) is 5.56 Å². The first-order valence-corrected chi connectivity index (χ1v) is 7.04. The molecule has 3 N–H and O–H groups in total. The first kappa shape index (κ1) is 13.3. The quantitative estimate of drug-likeness (QED) is 0.737. The number of benzene rings is 1. The maximum Gasteiger partial charge on any atom is 0.326 e. The van der Waals surface area contributed by atoms with Gasteiger partial charge in [-0.25, -0.2) is 17.9 Å². The molecule has 1 atom stereocenters. The Kier molecular flexibility index (Phi) is 3.19. The summed E-state index contributed by atoms with van der Waals surface area (Å²) in [4.78, 5) is 22.3. The summed E-state index contributed by atoms with van der Waals surface area (Å²) in [6.45, 7) is 1.70. The lowest BCUT2D eigenvalue weighted by Crippen LogP contribution is -2.28. The third-order valence-corrected chi connectivity index (χ3v) is 4.18. The molecule has 1 unspecified atom stereocenters.